The van der Waals surface area contributed by atoms with Gasteiger partial charge in [-0.1, -0.05) is 6.92 Å². The van der Waals surface area contributed by atoms with Crippen molar-refractivity contribution >= 4 is 17.8 Å². The summed E-state index contributed by atoms with van der Waals surface area (Å²) in [7, 11) is 3.33. The van der Waals surface area contributed by atoms with Crippen LogP contribution in [0.5, 0.6) is 0 Å². The van der Waals surface area contributed by atoms with Crippen molar-refractivity contribution in [1.29, 1.82) is 0 Å². The predicted octanol–water partition coefficient (Wildman–Crippen LogP) is -0.00690. The first-order valence-corrected chi connectivity index (χ1v) is 5.43. The van der Waals surface area contributed by atoms with Gasteiger partial charge in [-0.3, -0.25) is 4.79 Å². The number of amides is 1. The summed E-state index contributed by atoms with van der Waals surface area (Å²) < 4.78 is 0. The summed E-state index contributed by atoms with van der Waals surface area (Å²) >= 11 is 0. The molecule has 1 amide bonds. The summed E-state index contributed by atoms with van der Waals surface area (Å²) in [6, 6.07) is 0. The van der Waals surface area contributed by atoms with E-state index in [1.165, 1.54) is 12.4 Å². The zero-order valence-electron chi connectivity index (χ0n) is 10.5. The molecule has 1 rings (SSSR count). The Hall–Kier alpha value is -2.18. The number of hydrogen-bond acceptors (Lipinski definition) is 5. The number of aromatic nitrogens is 2. The third-order valence-corrected chi connectivity index (χ3v) is 2.47. The fourth-order valence-corrected chi connectivity index (χ4v) is 1.45. The average Bonchev–Trinajstić information content (AvgIpc) is 2.37. The van der Waals surface area contributed by atoms with Gasteiger partial charge in [0.05, 0.1) is 11.5 Å². The minimum atomic E-state index is -1.07. The van der Waals surface area contributed by atoms with E-state index in [9.17, 15) is 9.59 Å². The molecule has 7 heteroatoms. The molecule has 1 aromatic heterocycles. The Morgan fingerprint density at radius 1 is 1.44 bits per heavy atom. The van der Waals surface area contributed by atoms with Gasteiger partial charge in [0.15, 0.2) is 0 Å². The van der Waals surface area contributed by atoms with E-state index in [2.05, 4.69) is 15.3 Å². The normalized spacial score (nSPS) is 11.7. The zero-order chi connectivity index (χ0) is 13.7. The molecule has 98 valence electrons. The van der Waals surface area contributed by atoms with Gasteiger partial charge in [0.25, 0.3) is 0 Å². The minimum absolute atomic E-state index is 0.0338. The van der Waals surface area contributed by atoms with Gasteiger partial charge in [0.2, 0.25) is 11.9 Å². The smallest absolute Gasteiger partial charge is 0.338 e. The predicted molar refractivity (Wildman–Crippen MR) is 65.5 cm³/mol. The largest absolute Gasteiger partial charge is 0.478 e. The third-order valence-electron chi connectivity index (χ3n) is 2.47. The lowest BCUT2D eigenvalue weighted by molar-refractivity contribution is -0.123. The van der Waals surface area contributed by atoms with E-state index < -0.39 is 5.97 Å². The van der Waals surface area contributed by atoms with Crippen molar-refractivity contribution in [3.8, 4) is 0 Å². The van der Waals surface area contributed by atoms with E-state index in [-0.39, 0.29) is 17.4 Å². The van der Waals surface area contributed by atoms with E-state index >= 15 is 0 Å². The summed E-state index contributed by atoms with van der Waals surface area (Å²) in [6.07, 6.45) is 2.48. The highest BCUT2D eigenvalue weighted by Crippen LogP contribution is 2.08. The highest BCUT2D eigenvalue weighted by atomic mass is 16.4. The molecule has 2 N–H and O–H groups in total. The lowest BCUT2D eigenvalue weighted by Gasteiger charge is -2.20. The number of nitrogens with zero attached hydrogens (tertiary/aromatic N) is 3. The van der Waals surface area contributed by atoms with E-state index in [1.54, 1.807) is 25.9 Å². The number of carbonyl (C=O) groups excluding carboxylic acids is 1. The van der Waals surface area contributed by atoms with Crippen LogP contribution in [0.3, 0.4) is 0 Å². The molecule has 0 radical (unpaired) electrons. The van der Waals surface area contributed by atoms with Gasteiger partial charge in [0.1, 0.15) is 0 Å². The van der Waals surface area contributed by atoms with Crippen molar-refractivity contribution in [2.24, 2.45) is 5.92 Å². The average molecular weight is 252 g/mol. The second-order valence-corrected chi connectivity index (χ2v) is 3.97. The van der Waals surface area contributed by atoms with Gasteiger partial charge in [-0.25, -0.2) is 14.8 Å². The van der Waals surface area contributed by atoms with Crippen molar-refractivity contribution in [1.82, 2.24) is 15.3 Å². The third kappa shape index (κ3) is 3.41. The molecule has 1 unspecified atom stereocenters. The summed E-state index contributed by atoms with van der Waals surface area (Å²) in [6.45, 7) is 2.24. The molecule has 7 nitrogen and oxygen atoms in total. The Labute approximate surface area is 105 Å². The molecule has 18 heavy (non-hydrogen) atoms. The number of anilines is 1. The molecule has 0 aliphatic carbocycles. The van der Waals surface area contributed by atoms with Crippen LogP contribution in [0, 0.1) is 5.92 Å². The van der Waals surface area contributed by atoms with Crippen molar-refractivity contribution in [3.63, 3.8) is 0 Å². The monoisotopic (exact) mass is 252 g/mol. The van der Waals surface area contributed by atoms with Crippen molar-refractivity contribution in [2.45, 2.75) is 6.92 Å². The summed E-state index contributed by atoms with van der Waals surface area (Å²) in [5.41, 5.74) is 0.0338. The van der Waals surface area contributed by atoms with Gasteiger partial charge in [-0.2, -0.15) is 0 Å². The molecule has 0 aliphatic rings. The van der Waals surface area contributed by atoms with E-state index in [0.717, 1.165) is 0 Å². The molecule has 0 saturated heterocycles. The van der Waals surface area contributed by atoms with Crippen LogP contribution >= 0.6 is 0 Å². The van der Waals surface area contributed by atoms with Crippen LogP contribution in [0.2, 0.25) is 0 Å². The first-order chi connectivity index (χ1) is 8.45. The van der Waals surface area contributed by atoms with Gasteiger partial charge < -0.3 is 15.3 Å². The van der Waals surface area contributed by atoms with Crippen LogP contribution in [-0.4, -0.2) is 47.6 Å². The molecule has 1 atom stereocenters. The number of carbonyl (C=O) groups is 2. The fourth-order valence-electron chi connectivity index (χ4n) is 1.45. The zero-order valence-corrected chi connectivity index (χ0v) is 10.5. The first-order valence-electron chi connectivity index (χ1n) is 5.43. The quantitative estimate of drug-likeness (QED) is 0.765. The first kappa shape index (κ1) is 13.9. The van der Waals surface area contributed by atoms with Crippen molar-refractivity contribution < 1.29 is 14.7 Å². The van der Waals surface area contributed by atoms with Crippen LogP contribution in [0.4, 0.5) is 5.95 Å². The Morgan fingerprint density at radius 3 is 2.44 bits per heavy atom. The maximum Gasteiger partial charge on any atom is 0.338 e. The lowest BCUT2D eigenvalue weighted by atomic mass is 10.1. The van der Waals surface area contributed by atoms with Crippen molar-refractivity contribution in [2.75, 3.05) is 25.5 Å². The molecule has 0 aromatic carbocycles. The molecule has 0 spiro atoms. The molecule has 0 aliphatic heterocycles. The summed E-state index contributed by atoms with van der Waals surface area (Å²) in [5.74, 6) is -0.953. The van der Waals surface area contributed by atoms with E-state index in [4.69, 9.17) is 5.11 Å². The van der Waals surface area contributed by atoms with Crippen LogP contribution in [0.25, 0.3) is 0 Å². The van der Waals surface area contributed by atoms with Crippen LogP contribution in [0.15, 0.2) is 12.4 Å². The summed E-state index contributed by atoms with van der Waals surface area (Å²) in [4.78, 5) is 31.6. The summed E-state index contributed by atoms with van der Waals surface area (Å²) in [5, 5.41) is 11.3. The van der Waals surface area contributed by atoms with E-state index in [1.807, 2.05) is 0 Å². The second-order valence-electron chi connectivity index (χ2n) is 3.97. The Kier molecular flexibility index (Phi) is 4.59. The number of nitrogens with one attached hydrogen (secondary N) is 1. The standard InChI is InChI=1S/C11H16N4O3/c1-7(9(16)12-2)6-15(3)11-13-4-8(5-14-11)10(17)18/h4-5,7H,6H2,1-3H3,(H,12,16)(H,17,18). The SMILES string of the molecule is CNC(=O)C(C)CN(C)c1ncc(C(=O)O)cn1. The molecular formula is C11H16N4O3. The van der Waals surface area contributed by atoms with Gasteiger partial charge in [0, 0.05) is 33.0 Å². The molecule has 0 fully saturated rings. The van der Waals surface area contributed by atoms with Gasteiger partial charge >= 0.3 is 5.97 Å². The minimum Gasteiger partial charge on any atom is -0.478 e. The highest BCUT2D eigenvalue weighted by Gasteiger charge is 2.15. The maximum atomic E-state index is 11.4. The van der Waals surface area contributed by atoms with Crippen LogP contribution < -0.4 is 10.2 Å². The molecular weight excluding hydrogens is 236 g/mol. The molecule has 0 bridgehead atoms. The fraction of sp³-hybridized carbons (Fsp3) is 0.455. The number of carboxylic acid groups (broad SMARTS) is 1. The Morgan fingerprint density at radius 2 is 2.00 bits per heavy atom. The molecule has 0 saturated carbocycles. The molecule has 1 aromatic rings. The Balaban J connectivity index is 2.69. The van der Waals surface area contributed by atoms with Crippen LogP contribution in [0.1, 0.15) is 17.3 Å². The second kappa shape index (κ2) is 5.95. The lowest BCUT2D eigenvalue weighted by Crippen LogP contribution is -2.35. The van der Waals surface area contributed by atoms with Gasteiger partial charge in [-0.15, -0.1) is 0 Å². The Bertz CT molecular complexity index is 432. The van der Waals surface area contributed by atoms with Crippen LogP contribution in [-0.2, 0) is 4.79 Å². The maximum absolute atomic E-state index is 11.4. The molecule has 1 heterocycles. The van der Waals surface area contributed by atoms with Crippen molar-refractivity contribution in [3.05, 3.63) is 18.0 Å². The number of aromatic carboxylic acids is 1. The number of hydrogen-bond donors (Lipinski definition) is 2. The number of carboxylic acids is 1. The number of rotatable bonds is 5. The highest BCUT2D eigenvalue weighted by molar-refractivity contribution is 5.86. The van der Waals surface area contributed by atoms with E-state index in [0.29, 0.717) is 12.5 Å². The topological polar surface area (TPSA) is 95.4 Å². The van der Waals surface area contributed by atoms with Gasteiger partial charge in [-0.05, 0) is 0 Å².